The molecule has 0 fully saturated rings. The van der Waals surface area contributed by atoms with Crippen LogP contribution >= 0.6 is 12.6 Å². The molecule has 0 radical (unpaired) electrons. The summed E-state index contributed by atoms with van der Waals surface area (Å²) in [4.78, 5) is 12.7. The molecule has 0 spiro atoms. The molecule has 1 aromatic rings. The molecule has 0 saturated heterocycles. The minimum atomic E-state index is 0.0995. The Morgan fingerprint density at radius 1 is 0.870 bits per heavy atom. The van der Waals surface area contributed by atoms with Crippen LogP contribution in [0.2, 0.25) is 0 Å². The summed E-state index contributed by atoms with van der Waals surface area (Å²) in [5.41, 5.74) is 0.809. The van der Waals surface area contributed by atoms with E-state index < -0.39 is 0 Å². The smallest absolute Gasteiger partial charge is 0.224 e. The molecule has 0 bridgehead atoms. The number of carbonyl (C=O) groups is 1. The maximum Gasteiger partial charge on any atom is 0.224 e. The molecule has 130 valence electrons. The molecule has 1 rings (SSSR count). The molecule has 0 aromatic heterocycles. The van der Waals surface area contributed by atoms with Gasteiger partial charge in [-0.2, -0.15) is 0 Å². The maximum absolute atomic E-state index is 11.9. The Balaban J connectivity index is 1.93. The van der Waals surface area contributed by atoms with Gasteiger partial charge in [-0.3, -0.25) is 4.79 Å². The van der Waals surface area contributed by atoms with Crippen molar-refractivity contribution in [3.05, 3.63) is 24.3 Å². The molecule has 1 amide bonds. The SMILES string of the molecule is CCCCCCCCCCCCCC(=O)Nc1ccccc1S. The third kappa shape index (κ3) is 10.4. The van der Waals surface area contributed by atoms with E-state index in [-0.39, 0.29) is 5.91 Å². The summed E-state index contributed by atoms with van der Waals surface area (Å²) < 4.78 is 0. The second kappa shape index (κ2) is 13.5. The van der Waals surface area contributed by atoms with E-state index >= 15 is 0 Å². The van der Waals surface area contributed by atoms with Gasteiger partial charge in [0.2, 0.25) is 5.91 Å². The molecule has 0 saturated carbocycles. The van der Waals surface area contributed by atoms with E-state index in [9.17, 15) is 4.79 Å². The van der Waals surface area contributed by atoms with E-state index in [1.54, 1.807) is 0 Å². The summed E-state index contributed by atoms with van der Waals surface area (Å²) in [6, 6.07) is 7.61. The number of nitrogens with one attached hydrogen (secondary N) is 1. The van der Waals surface area contributed by atoms with Crippen molar-refractivity contribution in [3.8, 4) is 0 Å². The zero-order valence-corrected chi connectivity index (χ0v) is 15.5. The zero-order valence-electron chi connectivity index (χ0n) is 14.7. The number of amides is 1. The fourth-order valence-electron chi connectivity index (χ4n) is 2.74. The Morgan fingerprint density at radius 3 is 1.96 bits per heavy atom. The minimum absolute atomic E-state index is 0.0995. The molecule has 1 N–H and O–H groups in total. The van der Waals surface area contributed by atoms with Gasteiger partial charge in [-0.05, 0) is 18.6 Å². The predicted molar refractivity (Wildman–Crippen MR) is 103 cm³/mol. The monoisotopic (exact) mass is 335 g/mol. The van der Waals surface area contributed by atoms with Gasteiger partial charge in [0.25, 0.3) is 0 Å². The molecule has 23 heavy (non-hydrogen) atoms. The first-order chi connectivity index (χ1) is 11.2. The third-order valence-electron chi connectivity index (χ3n) is 4.19. The van der Waals surface area contributed by atoms with E-state index in [1.165, 1.54) is 57.8 Å². The van der Waals surface area contributed by atoms with Gasteiger partial charge in [0.15, 0.2) is 0 Å². The Hall–Kier alpha value is -0.960. The van der Waals surface area contributed by atoms with Gasteiger partial charge < -0.3 is 5.32 Å². The number of rotatable bonds is 13. The number of benzene rings is 1. The standard InChI is InChI=1S/C20H33NOS/c1-2-3-4-5-6-7-8-9-10-11-12-17-20(22)21-18-15-13-14-16-19(18)23/h13-16,23H,2-12,17H2,1H3,(H,21,22). The van der Waals surface area contributed by atoms with E-state index in [0.29, 0.717) is 6.42 Å². The normalized spacial score (nSPS) is 10.7. The highest BCUT2D eigenvalue weighted by molar-refractivity contribution is 7.80. The Bertz CT molecular complexity index is 433. The first-order valence-corrected chi connectivity index (χ1v) is 9.76. The summed E-state index contributed by atoms with van der Waals surface area (Å²) in [6.07, 6.45) is 15.0. The van der Waals surface area contributed by atoms with E-state index in [0.717, 1.165) is 23.4 Å². The van der Waals surface area contributed by atoms with E-state index in [4.69, 9.17) is 0 Å². The molecule has 0 unspecified atom stereocenters. The van der Waals surface area contributed by atoms with Gasteiger partial charge in [0.1, 0.15) is 0 Å². The van der Waals surface area contributed by atoms with Crippen LogP contribution in [0.4, 0.5) is 5.69 Å². The minimum Gasteiger partial charge on any atom is -0.325 e. The van der Waals surface area contributed by atoms with Crippen molar-refractivity contribution in [1.82, 2.24) is 0 Å². The van der Waals surface area contributed by atoms with Crippen LogP contribution in [0.5, 0.6) is 0 Å². The van der Waals surface area contributed by atoms with Crippen LogP contribution in [0.15, 0.2) is 29.2 Å². The van der Waals surface area contributed by atoms with Crippen molar-refractivity contribution < 1.29 is 4.79 Å². The Labute approximate surface area is 147 Å². The van der Waals surface area contributed by atoms with E-state index in [1.807, 2.05) is 24.3 Å². The van der Waals surface area contributed by atoms with Crippen LogP contribution < -0.4 is 5.32 Å². The quantitative estimate of drug-likeness (QED) is 0.308. The van der Waals surface area contributed by atoms with Crippen LogP contribution in [0.1, 0.15) is 84.0 Å². The van der Waals surface area contributed by atoms with Crippen molar-refractivity contribution in [3.63, 3.8) is 0 Å². The van der Waals surface area contributed by atoms with Crippen LogP contribution in [-0.4, -0.2) is 5.91 Å². The van der Waals surface area contributed by atoms with E-state index in [2.05, 4.69) is 24.9 Å². The highest BCUT2D eigenvalue weighted by atomic mass is 32.1. The number of thiol groups is 1. The van der Waals surface area contributed by atoms with Gasteiger partial charge in [-0.1, -0.05) is 83.3 Å². The fourth-order valence-corrected chi connectivity index (χ4v) is 2.96. The second-order valence-electron chi connectivity index (χ2n) is 6.35. The number of carbonyl (C=O) groups excluding carboxylic acids is 1. The van der Waals surface area contributed by atoms with Gasteiger partial charge >= 0.3 is 0 Å². The molecule has 0 heterocycles. The molecule has 2 nitrogen and oxygen atoms in total. The largest absolute Gasteiger partial charge is 0.325 e. The van der Waals surface area contributed by atoms with Gasteiger partial charge in [-0.15, -0.1) is 12.6 Å². The Kier molecular flexibility index (Phi) is 11.8. The number of para-hydroxylation sites is 1. The molecular formula is C20H33NOS. The van der Waals surface area contributed by atoms with Crippen molar-refractivity contribution in [2.75, 3.05) is 5.32 Å². The lowest BCUT2D eigenvalue weighted by Crippen LogP contribution is -2.11. The third-order valence-corrected chi connectivity index (χ3v) is 4.58. The van der Waals surface area contributed by atoms with Crippen LogP contribution in [-0.2, 0) is 4.79 Å². The number of hydrogen-bond acceptors (Lipinski definition) is 2. The number of anilines is 1. The molecule has 0 aliphatic carbocycles. The van der Waals surface area contributed by atoms with Crippen LogP contribution in [0.3, 0.4) is 0 Å². The molecule has 0 aliphatic rings. The maximum atomic E-state index is 11.9. The molecule has 3 heteroatoms. The number of hydrogen-bond donors (Lipinski definition) is 2. The average Bonchev–Trinajstić information content (AvgIpc) is 2.55. The zero-order chi connectivity index (χ0) is 16.8. The van der Waals surface area contributed by atoms with Crippen molar-refractivity contribution in [2.45, 2.75) is 88.9 Å². The topological polar surface area (TPSA) is 29.1 Å². The highest BCUT2D eigenvalue weighted by Gasteiger charge is 2.04. The lowest BCUT2D eigenvalue weighted by atomic mass is 10.1. The van der Waals surface area contributed by atoms with Gasteiger partial charge in [0, 0.05) is 11.3 Å². The molecule has 0 aliphatic heterocycles. The highest BCUT2D eigenvalue weighted by Crippen LogP contribution is 2.19. The van der Waals surface area contributed by atoms with Gasteiger partial charge in [-0.25, -0.2) is 0 Å². The summed E-state index contributed by atoms with van der Waals surface area (Å²) >= 11 is 4.34. The fraction of sp³-hybridized carbons (Fsp3) is 0.650. The number of unbranched alkanes of at least 4 members (excludes halogenated alkanes) is 10. The molecular weight excluding hydrogens is 302 g/mol. The van der Waals surface area contributed by atoms with Crippen molar-refractivity contribution >= 4 is 24.2 Å². The van der Waals surface area contributed by atoms with Crippen LogP contribution in [0, 0.1) is 0 Å². The first kappa shape index (κ1) is 20.1. The van der Waals surface area contributed by atoms with Gasteiger partial charge in [0.05, 0.1) is 5.69 Å². The lowest BCUT2D eigenvalue weighted by molar-refractivity contribution is -0.116. The summed E-state index contributed by atoms with van der Waals surface area (Å²) in [6.45, 7) is 2.26. The first-order valence-electron chi connectivity index (χ1n) is 9.32. The summed E-state index contributed by atoms with van der Waals surface area (Å²) in [7, 11) is 0. The van der Waals surface area contributed by atoms with Crippen molar-refractivity contribution in [1.29, 1.82) is 0 Å². The summed E-state index contributed by atoms with van der Waals surface area (Å²) in [5, 5.41) is 2.93. The molecule has 0 atom stereocenters. The van der Waals surface area contributed by atoms with Crippen LogP contribution in [0.25, 0.3) is 0 Å². The lowest BCUT2D eigenvalue weighted by Gasteiger charge is -2.07. The predicted octanol–water partition coefficient (Wildman–Crippen LogP) is 6.61. The summed E-state index contributed by atoms with van der Waals surface area (Å²) in [5.74, 6) is 0.0995. The average molecular weight is 336 g/mol. The second-order valence-corrected chi connectivity index (χ2v) is 6.83. The molecule has 1 aromatic carbocycles. The van der Waals surface area contributed by atoms with Crippen molar-refractivity contribution in [2.24, 2.45) is 0 Å². The Morgan fingerprint density at radius 2 is 1.39 bits per heavy atom.